The molecule has 0 bridgehead atoms. The molecule has 5 heteroatoms. The van der Waals surface area contributed by atoms with Crippen LogP contribution in [0.15, 0.2) is 48.5 Å². The van der Waals surface area contributed by atoms with E-state index in [-0.39, 0.29) is 11.0 Å². The molecule has 0 atom stereocenters. The van der Waals surface area contributed by atoms with E-state index in [1.54, 1.807) is 30.3 Å². The van der Waals surface area contributed by atoms with E-state index in [0.29, 0.717) is 10.6 Å². The van der Waals surface area contributed by atoms with E-state index >= 15 is 0 Å². The Bertz CT molecular complexity index is 658. The highest BCUT2D eigenvalue weighted by molar-refractivity contribution is 7.80. The van der Waals surface area contributed by atoms with E-state index in [1.165, 1.54) is 0 Å². The fourth-order valence-electron chi connectivity index (χ4n) is 1.69. The Hall–Kier alpha value is -1.91. The minimum Gasteiger partial charge on any atom is -0.332 e. The summed E-state index contributed by atoms with van der Waals surface area (Å²) in [5.41, 5.74) is 2.32. The Balaban J connectivity index is 1.99. The van der Waals surface area contributed by atoms with Gasteiger partial charge in [0.1, 0.15) is 0 Å². The van der Waals surface area contributed by atoms with Crippen molar-refractivity contribution in [3.05, 3.63) is 64.7 Å². The summed E-state index contributed by atoms with van der Waals surface area (Å²) in [5.74, 6) is -0.242. The fraction of sp³-hybridized carbons (Fsp3) is 0.0667. The smallest absolute Gasteiger partial charge is 0.257 e. The van der Waals surface area contributed by atoms with Gasteiger partial charge in [-0.3, -0.25) is 10.1 Å². The van der Waals surface area contributed by atoms with Crippen LogP contribution in [0.1, 0.15) is 15.9 Å². The van der Waals surface area contributed by atoms with Gasteiger partial charge in [-0.25, -0.2) is 0 Å². The Morgan fingerprint density at radius 2 is 1.90 bits per heavy atom. The molecule has 0 radical (unpaired) electrons. The summed E-state index contributed by atoms with van der Waals surface area (Å²) in [5, 5.41) is 6.38. The molecule has 0 unspecified atom stereocenters. The van der Waals surface area contributed by atoms with Crippen molar-refractivity contribution in [3.63, 3.8) is 0 Å². The molecule has 20 heavy (non-hydrogen) atoms. The molecule has 102 valence electrons. The molecule has 2 rings (SSSR count). The normalized spacial score (nSPS) is 9.90. The van der Waals surface area contributed by atoms with Gasteiger partial charge in [0, 0.05) is 16.3 Å². The molecule has 0 saturated heterocycles. The van der Waals surface area contributed by atoms with E-state index in [9.17, 15) is 4.79 Å². The van der Waals surface area contributed by atoms with E-state index in [2.05, 4.69) is 10.6 Å². The molecule has 0 aliphatic heterocycles. The molecule has 0 fully saturated rings. The number of anilines is 1. The molecule has 0 aromatic heterocycles. The van der Waals surface area contributed by atoms with Gasteiger partial charge in [0.15, 0.2) is 5.11 Å². The van der Waals surface area contributed by atoms with Gasteiger partial charge in [-0.1, -0.05) is 35.4 Å². The van der Waals surface area contributed by atoms with Crippen LogP contribution in [-0.4, -0.2) is 11.0 Å². The Morgan fingerprint density at radius 3 is 2.60 bits per heavy atom. The summed E-state index contributed by atoms with van der Waals surface area (Å²) < 4.78 is 0. The SMILES string of the molecule is Cc1cccc(C(=O)NC(=S)Nc2cccc(Cl)c2)c1. The molecule has 2 N–H and O–H groups in total. The van der Waals surface area contributed by atoms with Crippen molar-refractivity contribution in [1.29, 1.82) is 0 Å². The summed E-state index contributed by atoms with van der Waals surface area (Å²) in [6, 6.07) is 14.4. The maximum atomic E-state index is 12.0. The minimum atomic E-state index is -0.242. The number of hydrogen-bond donors (Lipinski definition) is 2. The van der Waals surface area contributed by atoms with Crippen LogP contribution in [0.4, 0.5) is 5.69 Å². The van der Waals surface area contributed by atoms with Crippen LogP contribution >= 0.6 is 23.8 Å². The quantitative estimate of drug-likeness (QED) is 0.830. The zero-order valence-corrected chi connectivity index (χ0v) is 12.4. The van der Waals surface area contributed by atoms with Gasteiger partial charge in [0.25, 0.3) is 5.91 Å². The van der Waals surface area contributed by atoms with Crippen molar-refractivity contribution in [1.82, 2.24) is 5.32 Å². The summed E-state index contributed by atoms with van der Waals surface area (Å²) in [6.45, 7) is 1.93. The average molecular weight is 305 g/mol. The highest BCUT2D eigenvalue weighted by Crippen LogP contribution is 2.14. The molecular formula is C15H13ClN2OS. The third kappa shape index (κ3) is 4.05. The third-order valence-electron chi connectivity index (χ3n) is 2.59. The maximum absolute atomic E-state index is 12.0. The largest absolute Gasteiger partial charge is 0.332 e. The van der Waals surface area contributed by atoms with Crippen LogP contribution in [0.25, 0.3) is 0 Å². The van der Waals surface area contributed by atoms with Crippen molar-refractivity contribution in [3.8, 4) is 0 Å². The number of thiocarbonyl (C=S) groups is 1. The number of amides is 1. The lowest BCUT2D eigenvalue weighted by molar-refractivity contribution is 0.0977. The first-order valence-electron chi connectivity index (χ1n) is 5.99. The monoisotopic (exact) mass is 304 g/mol. The predicted molar refractivity (Wildman–Crippen MR) is 86.3 cm³/mol. The van der Waals surface area contributed by atoms with Crippen LogP contribution in [-0.2, 0) is 0 Å². The van der Waals surface area contributed by atoms with Crippen molar-refractivity contribution in [2.75, 3.05) is 5.32 Å². The van der Waals surface area contributed by atoms with Crippen LogP contribution in [0.3, 0.4) is 0 Å². The fourth-order valence-corrected chi connectivity index (χ4v) is 2.09. The first-order chi connectivity index (χ1) is 9.54. The molecule has 0 heterocycles. The first-order valence-corrected chi connectivity index (χ1v) is 6.78. The van der Waals surface area contributed by atoms with Gasteiger partial charge in [0.2, 0.25) is 0 Å². The summed E-state index contributed by atoms with van der Waals surface area (Å²) in [4.78, 5) is 12.0. The second kappa shape index (κ2) is 6.50. The van der Waals surface area contributed by atoms with E-state index in [4.69, 9.17) is 23.8 Å². The predicted octanol–water partition coefficient (Wildman–Crippen LogP) is 3.78. The number of rotatable bonds is 2. The first kappa shape index (κ1) is 14.5. The summed E-state index contributed by atoms with van der Waals surface area (Å²) >= 11 is 11.0. The lowest BCUT2D eigenvalue weighted by Gasteiger charge is -2.10. The number of nitrogens with one attached hydrogen (secondary N) is 2. The number of aryl methyl sites for hydroxylation is 1. The molecule has 3 nitrogen and oxygen atoms in total. The molecular weight excluding hydrogens is 292 g/mol. The summed E-state index contributed by atoms with van der Waals surface area (Å²) in [7, 11) is 0. The standard InChI is InChI=1S/C15H13ClN2OS/c1-10-4-2-5-11(8-10)14(19)18-15(20)17-13-7-3-6-12(16)9-13/h2-9H,1H3,(H2,17,18,19,20). The zero-order chi connectivity index (χ0) is 14.5. The topological polar surface area (TPSA) is 41.1 Å². The lowest BCUT2D eigenvalue weighted by Crippen LogP contribution is -2.34. The Labute approximate surface area is 128 Å². The van der Waals surface area contributed by atoms with Gasteiger partial charge < -0.3 is 5.32 Å². The molecule has 0 saturated carbocycles. The van der Waals surface area contributed by atoms with Gasteiger partial charge in [-0.2, -0.15) is 0 Å². The van der Waals surface area contributed by atoms with Gasteiger partial charge in [-0.05, 0) is 49.5 Å². The Morgan fingerprint density at radius 1 is 1.15 bits per heavy atom. The number of carbonyl (C=O) groups excluding carboxylic acids is 1. The Kier molecular flexibility index (Phi) is 4.71. The second-order valence-corrected chi connectivity index (χ2v) is 5.13. The zero-order valence-electron chi connectivity index (χ0n) is 10.8. The van der Waals surface area contributed by atoms with Crippen molar-refractivity contribution < 1.29 is 4.79 Å². The van der Waals surface area contributed by atoms with Crippen LogP contribution < -0.4 is 10.6 Å². The third-order valence-corrected chi connectivity index (χ3v) is 3.03. The van der Waals surface area contributed by atoms with Gasteiger partial charge >= 0.3 is 0 Å². The number of carbonyl (C=O) groups is 1. The second-order valence-electron chi connectivity index (χ2n) is 4.29. The highest BCUT2D eigenvalue weighted by atomic mass is 35.5. The van der Waals surface area contributed by atoms with Crippen LogP contribution in [0.2, 0.25) is 5.02 Å². The molecule has 0 aliphatic carbocycles. The van der Waals surface area contributed by atoms with Crippen molar-refractivity contribution >= 4 is 40.5 Å². The molecule has 0 aliphatic rings. The van der Waals surface area contributed by atoms with Gasteiger partial charge in [-0.15, -0.1) is 0 Å². The molecule has 2 aromatic rings. The number of benzene rings is 2. The van der Waals surface area contributed by atoms with Crippen molar-refractivity contribution in [2.45, 2.75) is 6.92 Å². The number of hydrogen-bond acceptors (Lipinski definition) is 2. The van der Waals surface area contributed by atoms with E-state index < -0.39 is 0 Å². The minimum absolute atomic E-state index is 0.235. The lowest BCUT2D eigenvalue weighted by atomic mass is 10.1. The van der Waals surface area contributed by atoms with Gasteiger partial charge in [0.05, 0.1) is 0 Å². The molecule has 2 aromatic carbocycles. The van der Waals surface area contributed by atoms with Crippen LogP contribution in [0.5, 0.6) is 0 Å². The van der Waals surface area contributed by atoms with Crippen molar-refractivity contribution in [2.24, 2.45) is 0 Å². The van der Waals surface area contributed by atoms with E-state index in [0.717, 1.165) is 11.3 Å². The molecule has 1 amide bonds. The average Bonchev–Trinajstić information content (AvgIpc) is 2.38. The van der Waals surface area contributed by atoms with E-state index in [1.807, 2.05) is 25.1 Å². The number of halogens is 1. The maximum Gasteiger partial charge on any atom is 0.257 e. The van der Waals surface area contributed by atoms with Crippen LogP contribution in [0, 0.1) is 6.92 Å². The molecule has 0 spiro atoms. The summed E-state index contributed by atoms with van der Waals surface area (Å²) in [6.07, 6.45) is 0. The highest BCUT2D eigenvalue weighted by Gasteiger charge is 2.07.